The number of carbonyl (C=O) groups excluding carboxylic acids is 1. The van der Waals surface area contributed by atoms with Gasteiger partial charge in [-0.25, -0.2) is 17.2 Å². The maximum absolute atomic E-state index is 13.2. The lowest BCUT2D eigenvalue weighted by atomic mass is 10.1. The number of benzene rings is 2. The lowest BCUT2D eigenvalue weighted by molar-refractivity contribution is -0.120. The Bertz CT molecular complexity index is 936. The molecule has 0 aromatic heterocycles. The van der Waals surface area contributed by atoms with E-state index < -0.39 is 21.7 Å². The summed E-state index contributed by atoms with van der Waals surface area (Å²) in [6.07, 6.45) is 3.21. The maximum Gasteiger partial charge on any atom is 0.243 e. The average molecular weight is 422 g/mol. The Morgan fingerprint density at radius 2 is 1.55 bits per heavy atom. The molecule has 0 unspecified atom stereocenters. The molecule has 156 valence electrons. The van der Waals surface area contributed by atoms with Crippen LogP contribution in [0.2, 0.25) is 0 Å². The van der Waals surface area contributed by atoms with E-state index >= 15 is 0 Å². The van der Waals surface area contributed by atoms with Crippen molar-refractivity contribution in [3.05, 3.63) is 65.2 Å². The highest BCUT2D eigenvalue weighted by Gasteiger charge is 2.25. The van der Waals surface area contributed by atoms with Crippen molar-refractivity contribution in [1.29, 1.82) is 0 Å². The van der Waals surface area contributed by atoms with Crippen molar-refractivity contribution in [3.8, 4) is 0 Å². The standard InChI is InChI=1S/C21H24F2N2O3S/c22-18-12-17(13-19(23)15-18)8-9-24-21(26)14-16-4-6-20(7-5-16)29(27,28)25-10-2-1-3-11-25/h4-7,12-13,15H,1-3,8-11,14H2,(H,24,26). The number of hydrogen-bond acceptors (Lipinski definition) is 3. The van der Waals surface area contributed by atoms with Crippen LogP contribution in [0.25, 0.3) is 0 Å². The van der Waals surface area contributed by atoms with Crippen LogP contribution in [0, 0.1) is 11.6 Å². The zero-order valence-electron chi connectivity index (χ0n) is 16.0. The number of piperidine rings is 1. The van der Waals surface area contributed by atoms with E-state index in [1.165, 1.54) is 28.6 Å². The fraction of sp³-hybridized carbons (Fsp3) is 0.381. The number of nitrogens with one attached hydrogen (secondary N) is 1. The van der Waals surface area contributed by atoms with Crippen LogP contribution in [0.1, 0.15) is 30.4 Å². The summed E-state index contributed by atoms with van der Waals surface area (Å²) in [5.41, 5.74) is 1.16. The van der Waals surface area contributed by atoms with Crippen LogP contribution in [0.3, 0.4) is 0 Å². The molecule has 0 saturated carbocycles. The third-order valence-electron chi connectivity index (χ3n) is 4.90. The summed E-state index contributed by atoms with van der Waals surface area (Å²) in [6, 6.07) is 9.60. The largest absolute Gasteiger partial charge is 0.355 e. The first-order valence-electron chi connectivity index (χ1n) is 9.65. The molecule has 1 aliphatic rings. The number of sulfonamides is 1. The Balaban J connectivity index is 1.51. The summed E-state index contributed by atoms with van der Waals surface area (Å²) in [6.45, 7) is 1.34. The molecule has 1 saturated heterocycles. The van der Waals surface area contributed by atoms with Crippen LogP contribution >= 0.6 is 0 Å². The van der Waals surface area contributed by atoms with E-state index in [4.69, 9.17) is 0 Å². The van der Waals surface area contributed by atoms with Gasteiger partial charge in [0.1, 0.15) is 11.6 Å². The summed E-state index contributed by atoms with van der Waals surface area (Å²) in [5.74, 6) is -1.54. The molecule has 0 bridgehead atoms. The molecule has 29 heavy (non-hydrogen) atoms. The molecule has 0 aliphatic carbocycles. The van der Waals surface area contributed by atoms with Crippen molar-refractivity contribution < 1.29 is 22.0 Å². The lowest BCUT2D eigenvalue weighted by Gasteiger charge is -2.25. The monoisotopic (exact) mass is 422 g/mol. The second-order valence-electron chi connectivity index (χ2n) is 7.16. The number of amides is 1. The molecule has 1 N–H and O–H groups in total. The summed E-state index contributed by atoms with van der Waals surface area (Å²) in [5, 5.41) is 2.70. The minimum atomic E-state index is -3.49. The molecule has 8 heteroatoms. The van der Waals surface area contributed by atoms with Crippen molar-refractivity contribution >= 4 is 15.9 Å². The lowest BCUT2D eigenvalue weighted by Crippen LogP contribution is -2.35. The molecular formula is C21H24F2N2O3S. The Morgan fingerprint density at radius 3 is 2.17 bits per heavy atom. The maximum atomic E-state index is 13.2. The second kappa shape index (κ2) is 9.45. The van der Waals surface area contributed by atoms with Gasteiger partial charge in [0, 0.05) is 25.7 Å². The van der Waals surface area contributed by atoms with Gasteiger partial charge in [-0.05, 0) is 54.7 Å². The highest BCUT2D eigenvalue weighted by molar-refractivity contribution is 7.89. The van der Waals surface area contributed by atoms with E-state index in [1.807, 2.05) is 0 Å². The first kappa shape index (κ1) is 21.4. The fourth-order valence-corrected chi connectivity index (χ4v) is 4.90. The zero-order valence-corrected chi connectivity index (χ0v) is 16.9. The summed E-state index contributed by atoms with van der Waals surface area (Å²) in [7, 11) is -3.49. The van der Waals surface area contributed by atoms with Gasteiger partial charge in [-0.3, -0.25) is 4.79 Å². The van der Waals surface area contributed by atoms with E-state index in [2.05, 4.69) is 5.32 Å². The van der Waals surface area contributed by atoms with Crippen molar-refractivity contribution in [2.24, 2.45) is 0 Å². The molecule has 0 radical (unpaired) electrons. The van der Waals surface area contributed by atoms with Crippen LogP contribution in [0.15, 0.2) is 47.4 Å². The van der Waals surface area contributed by atoms with Crippen LogP contribution in [-0.2, 0) is 27.7 Å². The van der Waals surface area contributed by atoms with Gasteiger partial charge in [0.2, 0.25) is 15.9 Å². The Hall–Kier alpha value is -2.32. The Kier molecular flexibility index (Phi) is 6.97. The molecule has 1 aliphatic heterocycles. The predicted molar refractivity (Wildman–Crippen MR) is 106 cm³/mol. The molecule has 2 aromatic rings. The molecule has 5 nitrogen and oxygen atoms in total. The first-order valence-corrected chi connectivity index (χ1v) is 11.1. The molecule has 3 rings (SSSR count). The van der Waals surface area contributed by atoms with Crippen LogP contribution in [0.5, 0.6) is 0 Å². The van der Waals surface area contributed by atoms with Crippen molar-refractivity contribution in [2.75, 3.05) is 19.6 Å². The van der Waals surface area contributed by atoms with Gasteiger partial charge in [0.25, 0.3) is 0 Å². The molecule has 1 fully saturated rings. The molecule has 1 heterocycles. The molecule has 0 atom stereocenters. The number of carbonyl (C=O) groups is 1. The van der Waals surface area contributed by atoms with Gasteiger partial charge < -0.3 is 5.32 Å². The van der Waals surface area contributed by atoms with E-state index in [9.17, 15) is 22.0 Å². The van der Waals surface area contributed by atoms with E-state index in [-0.39, 0.29) is 23.8 Å². The molecule has 1 amide bonds. The quantitative estimate of drug-likeness (QED) is 0.746. The van der Waals surface area contributed by atoms with Crippen LogP contribution in [0.4, 0.5) is 8.78 Å². The van der Waals surface area contributed by atoms with Crippen molar-refractivity contribution in [2.45, 2.75) is 37.0 Å². The number of nitrogens with zero attached hydrogens (tertiary/aromatic N) is 1. The highest BCUT2D eigenvalue weighted by atomic mass is 32.2. The third-order valence-corrected chi connectivity index (χ3v) is 6.81. The Morgan fingerprint density at radius 1 is 0.931 bits per heavy atom. The minimum absolute atomic E-state index is 0.0988. The predicted octanol–water partition coefficient (Wildman–Crippen LogP) is 3.04. The van der Waals surface area contributed by atoms with E-state index in [0.717, 1.165) is 25.3 Å². The number of halogens is 2. The number of rotatable bonds is 7. The Labute approximate surface area is 169 Å². The van der Waals surface area contributed by atoms with Gasteiger partial charge in [-0.2, -0.15) is 4.31 Å². The SMILES string of the molecule is O=C(Cc1ccc(S(=O)(=O)N2CCCCC2)cc1)NCCc1cc(F)cc(F)c1. The third kappa shape index (κ3) is 5.83. The zero-order chi connectivity index (χ0) is 20.9. The van der Waals surface area contributed by atoms with Gasteiger partial charge >= 0.3 is 0 Å². The molecule has 0 spiro atoms. The summed E-state index contributed by atoms with van der Waals surface area (Å²) in [4.78, 5) is 12.3. The van der Waals surface area contributed by atoms with E-state index in [0.29, 0.717) is 30.6 Å². The average Bonchev–Trinajstić information content (AvgIpc) is 2.68. The normalized spacial score (nSPS) is 15.2. The van der Waals surface area contributed by atoms with Gasteiger partial charge in [-0.15, -0.1) is 0 Å². The van der Waals surface area contributed by atoms with Crippen LogP contribution in [-0.4, -0.2) is 38.3 Å². The fourth-order valence-electron chi connectivity index (χ4n) is 3.38. The second-order valence-corrected chi connectivity index (χ2v) is 9.10. The van der Waals surface area contributed by atoms with E-state index in [1.54, 1.807) is 12.1 Å². The topological polar surface area (TPSA) is 66.5 Å². The minimum Gasteiger partial charge on any atom is -0.355 e. The van der Waals surface area contributed by atoms with Crippen molar-refractivity contribution in [1.82, 2.24) is 9.62 Å². The van der Waals surface area contributed by atoms with Crippen molar-refractivity contribution in [3.63, 3.8) is 0 Å². The highest BCUT2D eigenvalue weighted by Crippen LogP contribution is 2.21. The molecular weight excluding hydrogens is 398 g/mol. The van der Waals surface area contributed by atoms with Crippen LogP contribution < -0.4 is 5.32 Å². The summed E-state index contributed by atoms with van der Waals surface area (Å²) < 4.78 is 53.1. The molecule has 2 aromatic carbocycles. The van der Waals surface area contributed by atoms with Gasteiger partial charge in [0.05, 0.1) is 11.3 Å². The smallest absolute Gasteiger partial charge is 0.243 e. The van der Waals surface area contributed by atoms with Gasteiger partial charge in [-0.1, -0.05) is 18.6 Å². The number of hydrogen-bond donors (Lipinski definition) is 1. The first-order chi connectivity index (χ1) is 13.8. The van der Waals surface area contributed by atoms with Gasteiger partial charge in [0.15, 0.2) is 0 Å². The summed E-state index contributed by atoms with van der Waals surface area (Å²) >= 11 is 0.